The molecule has 3 heterocycles. The molecule has 0 radical (unpaired) electrons. The van der Waals surface area contributed by atoms with Crippen LogP contribution in [0.2, 0.25) is 0 Å². The van der Waals surface area contributed by atoms with Crippen LogP contribution in [0, 0.1) is 16.0 Å². The predicted molar refractivity (Wildman–Crippen MR) is 105 cm³/mol. The summed E-state index contributed by atoms with van der Waals surface area (Å²) in [6, 6.07) is 15.3. The van der Waals surface area contributed by atoms with Gasteiger partial charge in [-0.1, -0.05) is 36.4 Å². The first-order valence-corrected chi connectivity index (χ1v) is 9.66. The van der Waals surface area contributed by atoms with Crippen LogP contribution in [0.3, 0.4) is 0 Å². The van der Waals surface area contributed by atoms with E-state index in [0.717, 1.165) is 23.4 Å². The Morgan fingerprint density at radius 1 is 1.07 bits per heavy atom. The van der Waals surface area contributed by atoms with E-state index in [4.69, 9.17) is 0 Å². The maximum absolute atomic E-state index is 13.6. The number of hydrogen-bond acceptors (Lipinski definition) is 6. The van der Waals surface area contributed by atoms with Gasteiger partial charge in [-0.3, -0.25) is 19.7 Å². The van der Waals surface area contributed by atoms with Gasteiger partial charge in [0, 0.05) is 25.2 Å². The quantitative estimate of drug-likeness (QED) is 0.453. The van der Waals surface area contributed by atoms with Gasteiger partial charge in [-0.2, -0.15) is 0 Å². The van der Waals surface area contributed by atoms with Crippen molar-refractivity contribution in [3.8, 4) is 0 Å². The number of benzene rings is 2. The van der Waals surface area contributed by atoms with E-state index in [9.17, 15) is 19.7 Å². The van der Waals surface area contributed by atoms with E-state index in [1.807, 2.05) is 42.3 Å². The van der Waals surface area contributed by atoms with Crippen LogP contribution >= 0.6 is 0 Å². The minimum absolute atomic E-state index is 0.146. The van der Waals surface area contributed by atoms with E-state index in [1.54, 1.807) is 6.07 Å². The Labute approximate surface area is 167 Å². The highest BCUT2D eigenvalue weighted by molar-refractivity contribution is 6.26. The second-order valence-corrected chi connectivity index (χ2v) is 7.88. The van der Waals surface area contributed by atoms with Gasteiger partial charge in [0.2, 0.25) is 5.91 Å². The summed E-state index contributed by atoms with van der Waals surface area (Å²) in [5.41, 5.74) is 0.101. The zero-order valence-corrected chi connectivity index (χ0v) is 15.9. The van der Waals surface area contributed by atoms with Crippen LogP contribution < -0.4 is 4.90 Å². The van der Waals surface area contributed by atoms with Crippen LogP contribution in [0.25, 0.3) is 0 Å². The van der Waals surface area contributed by atoms with E-state index in [-0.39, 0.29) is 29.2 Å². The van der Waals surface area contributed by atoms with Crippen LogP contribution in [0.4, 0.5) is 11.4 Å². The molecule has 0 bridgehead atoms. The van der Waals surface area contributed by atoms with Gasteiger partial charge in [0.25, 0.3) is 11.6 Å². The van der Waals surface area contributed by atoms with Crippen molar-refractivity contribution in [2.75, 3.05) is 18.0 Å². The normalized spacial score (nSPS) is 29.3. The lowest BCUT2D eigenvalue weighted by molar-refractivity contribution is -0.384. The molecule has 0 aromatic heterocycles. The smallest absolute Gasteiger partial charge is 0.271 e. The molecule has 2 aromatic carbocycles. The summed E-state index contributed by atoms with van der Waals surface area (Å²) >= 11 is 0. The van der Waals surface area contributed by atoms with Gasteiger partial charge >= 0.3 is 0 Å². The van der Waals surface area contributed by atoms with Gasteiger partial charge in [-0.25, -0.2) is 14.9 Å². The van der Waals surface area contributed by atoms with E-state index < -0.39 is 16.4 Å². The minimum atomic E-state index is -1.00. The predicted octanol–water partition coefficient (Wildman–Crippen LogP) is 2.52. The lowest BCUT2D eigenvalue weighted by Crippen LogP contribution is -2.52. The van der Waals surface area contributed by atoms with Crippen molar-refractivity contribution in [1.82, 2.24) is 10.0 Å². The molecule has 0 aliphatic carbocycles. The van der Waals surface area contributed by atoms with Crippen molar-refractivity contribution in [3.05, 3.63) is 70.3 Å². The van der Waals surface area contributed by atoms with Gasteiger partial charge in [0.15, 0.2) is 0 Å². The first-order valence-electron chi connectivity index (χ1n) is 9.66. The number of rotatable bonds is 3. The average Bonchev–Trinajstić information content (AvgIpc) is 3.35. The monoisotopic (exact) mass is 392 g/mol. The molecule has 3 fully saturated rings. The number of carbonyl (C=O) groups excluding carboxylic acids is 2. The topological polar surface area (TPSA) is 87.0 Å². The van der Waals surface area contributed by atoms with Crippen LogP contribution in [-0.4, -0.2) is 45.4 Å². The number of fused-ring (bicyclic) bond motifs is 3. The Hall–Kier alpha value is -3.10. The summed E-state index contributed by atoms with van der Waals surface area (Å²) in [6.45, 7) is 3.33. The molecular weight excluding hydrogens is 372 g/mol. The van der Waals surface area contributed by atoms with Gasteiger partial charge in [0.1, 0.15) is 5.54 Å². The fourth-order valence-corrected chi connectivity index (χ4v) is 5.15. The Morgan fingerprint density at radius 2 is 1.83 bits per heavy atom. The number of hydrazine groups is 1. The largest absolute Gasteiger partial charge is 0.274 e. The maximum Gasteiger partial charge on any atom is 0.271 e. The lowest BCUT2D eigenvalue weighted by Gasteiger charge is -2.33. The molecule has 29 heavy (non-hydrogen) atoms. The Balaban J connectivity index is 1.63. The van der Waals surface area contributed by atoms with Crippen molar-refractivity contribution in [2.24, 2.45) is 5.92 Å². The molecule has 0 saturated carbocycles. The van der Waals surface area contributed by atoms with Crippen LogP contribution in [-0.2, 0) is 9.59 Å². The van der Waals surface area contributed by atoms with Crippen LogP contribution in [0.15, 0.2) is 54.6 Å². The second kappa shape index (κ2) is 6.20. The standard InChI is InChI=1S/C21H20N4O4/c1-21-17(18(14-7-3-2-4-8-14)22-11-6-12-23(21)22)19(26)24(20(21)27)15-9-5-10-16(13-15)25(28)29/h2-5,7-10,13,17-18H,6,11-12H2,1H3/t17-,18-,21+/m0/s1. The number of imide groups is 1. The lowest BCUT2D eigenvalue weighted by atomic mass is 9.81. The molecular formula is C21H20N4O4. The van der Waals surface area contributed by atoms with Gasteiger partial charge < -0.3 is 0 Å². The molecule has 3 aliphatic heterocycles. The van der Waals surface area contributed by atoms with Crippen molar-refractivity contribution < 1.29 is 14.5 Å². The summed E-state index contributed by atoms with van der Waals surface area (Å²) in [7, 11) is 0. The average molecular weight is 392 g/mol. The van der Waals surface area contributed by atoms with Gasteiger partial charge in [0.05, 0.1) is 22.6 Å². The van der Waals surface area contributed by atoms with E-state index in [1.165, 1.54) is 18.2 Å². The fraction of sp³-hybridized carbons (Fsp3) is 0.333. The van der Waals surface area contributed by atoms with E-state index in [2.05, 4.69) is 5.01 Å². The summed E-state index contributed by atoms with van der Waals surface area (Å²) in [6.07, 6.45) is 0.921. The molecule has 3 saturated heterocycles. The number of nitrogens with zero attached hydrogens (tertiary/aromatic N) is 4. The Kier molecular flexibility index (Phi) is 3.84. The Morgan fingerprint density at radius 3 is 2.55 bits per heavy atom. The number of hydrogen-bond donors (Lipinski definition) is 0. The molecule has 2 amide bonds. The molecule has 3 atom stereocenters. The number of non-ortho nitro benzene ring substituents is 1. The molecule has 8 nitrogen and oxygen atoms in total. The summed E-state index contributed by atoms with van der Waals surface area (Å²) < 4.78 is 0. The zero-order chi connectivity index (χ0) is 20.3. The van der Waals surface area contributed by atoms with Crippen molar-refractivity contribution in [1.29, 1.82) is 0 Å². The van der Waals surface area contributed by atoms with Gasteiger partial charge in [-0.15, -0.1) is 0 Å². The number of carbonyl (C=O) groups is 2. The first kappa shape index (κ1) is 18.0. The highest BCUT2D eigenvalue weighted by Crippen LogP contribution is 2.54. The van der Waals surface area contributed by atoms with E-state index in [0.29, 0.717) is 6.54 Å². The number of nitro groups is 1. The third-order valence-corrected chi connectivity index (χ3v) is 6.41. The van der Waals surface area contributed by atoms with Crippen LogP contribution in [0.5, 0.6) is 0 Å². The third kappa shape index (κ3) is 2.33. The SMILES string of the molecule is C[C@]12C(=O)N(c3cccc([N+](=O)[O-])c3)C(=O)[C@@H]1[C@H](c1ccccc1)N1CCCN12. The first-order chi connectivity index (χ1) is 13.9. The molecule has 3 aliphatic rings. The highest BCUT2D eigenvalue weighted by Gasteiger charge is 2.70. The van der Waals surface area contributed by atoms with Crippen molar-refractivity contribution >= 4 is 23.2 Å². The molecule has 5 rings (SSSR count). The summed E-state index contributed by atoms with van der Waals surface area (Å²) in [5.74, 6) is -1.20. The summed E-state index contributed by atoms with van der Waals surface area (Å²) in [4.78, 5) is 39.0. The zero-order valence-electron chi connectivity index (χ0n) is 15.9. The molecule has 0 N–H and O–H groups in total. The van der Waals surface area contributed by atoms with Crippen molar-refractivity contribution in [2.45, 2.75) is 24.9 Å². The minimum Gasteiger partial charge on any atom is -0.274 e. The number of nitro benzene ring substituents is 1. The van der Waals surface area contributed by atoms with Crippen LogP contribution in [0.1, 0.15) is 24.9 Å². The molecule has 148 valence electrons. The fourth-order valence-electron chi connectivity index (χ4n) is 5.15. The van der Waals surface area contributed by atoms with Crippen molar-refractivity contribution in [3.63, 3.8) is 0 Å². The molecule has 2 aromatic rings. The Bertz CT molecular complexity index is 1030. The third-order valence-electron chi connectivity index (χ3n) is 6.41. The highest BCUT2D eigenvalue weighted by atomic mass is 16.6. The number of amides is 2. The molecule has 0 unspecified atom stereocenters. The molecule has 0 spiro atoms. The van der Waals surface area contributed by atoms with E-state index >= 15 is 0 Å². The summed E-state index contributed by atoms with van der Waals surface area (Å²) in [5, 5.41) is 15.4. The second-order valence-electron chi connectivity index (χ2n) is 7.88. The molecule has 8 heteroatoms. The van der Waals surface area contributed by atoms with Gasteiger partial charge in [-0.05, 0) is 25.0 Å². The number of anilines is 1. The maximum atomic E-state index is 13.6.